The molecule has 0 unspecified atom stereocenters. The predicted octanol–water partition coefficient (Wildman–Crippen LogP) is 1.19. The Morgan fingerprint density at radius 2 is 1.95 bits per heavy atom. The van der Waals surface area contributed by atoms with Crippen LogP contribution in [-0.2, 0) is 9.59 Å². The third-order valence-electron chi connectivity index (χ3n) is 4.23. The highest BCUT2D eigenvalue weighted by atomic mass is 16.2. The van der Waals surface area contributed by atoms with Crippen molar-refractivity contribution in [3.63, 3.8) is 0 Å². The standard InChI is InChI=1S/C16H23N3O2/c1-11-7-8-13(16(18)21)10-19(11)15(20)9-14(17)12-5-3-2-4-6-12/h2-6,11,13-14H,7-10,17H2,1H3,(H2,18,21)/t11-,13+,14+/m1/s1. The summed E-state index contributed by atoms with van der Waals surface area (Å²) >= 11 is 0. The maximum absolute atomic E-state index is 12.5. The molecule has 1 fully saturated rings. The Morgan fingerprint density at radius 3 is 2.57 bits per heavy atom. The molecule has 0 bridgehead atoms. The third kappa shape index (κ3) is 3.82. The van der Waals surface area contributed by atoms with Crippen molar-refractivity contribution in [3.05, 3.63) is 35.9 Å². The molecule has 2 rings (SSSR count). The first-order chi connectivity index (χ1) is 9.99. The molecule has 5 nitrogen and oxygen atoms in total. The van der Waals surface area contributed by atoms with Crippen LogP contribution in [-0.4, -0.2) is 29.3 Å². The number of primary amides is 1. The highest BCUT2D eigenvalue weighted by molar-refractivity contribution is 5.80. The van der Waals surface area contributed by atoms with Crippen LogP contribution in [0.15, 0.2) is 30.3 Å². The molecule has 1 aliphatic heterocycles. The lowest BCUT2D eigenvalue weighted by molar-refractivity contribution is -0.137. The topological polar surface area (TPSA) is 89.4 Å². The number of carbonyl (C=O) groups excluding carboxylic acids is 2. The zero-order chi connectivity index (χ0) is 15.4. The van der Waals surface area contributed by atoms with Gasteiger partial charge in [-0.15, -0.1) is 0 Å². The minimum Gasteiger partial charge on any atom is -0.369 e. The average Bonchev–Trinajstić information content (AvgIpc) is 2.48. The summed E-state index contributed by atoms with van der Waals surface area (Å²) in [5.74, 6) is -0.574. The molecular formula is C16H23N3O2. The Kier molecular flexibility index (Phi) is 4.96. The van der Waals surface area contributed by atoms with Crippen LogP contribution < -0.4 is 11.5 Å². The fourth-order valence-corrected chi connectivity index (χ4v) is 2.81. The van der Waals surface area contributed by atoms with Gasteiger partial charge in [-0.2, -0.15) is 0 Å². The molecule has 1 aromatic rings. The first kappa shape index (κ1) is 15.5. The molecule has 1 aliphatic rings. The van der Waals surface area contributed by atoms with Crippen LogP contribution in [0.5, 0.6) is 0 Å². The first-order valence-corrected chi connectivity index (χ1v) is 7.38. The molecule has 21 heavy (non-hydrogen) atoms. The predicted molar refractivity (Wildman–Crippen MR) is 81.1 cm³/mol. The fourth-order valence-electron chi connectivity index (χ4n) is 2.81. The van der Waals surface area contributed by atoms with E-state index in [0.717, 1.165) is 18.4 Å². The van der Waals surface area contributed by atoms with Crippen molar-refractivity contribution in [2.45, 2.75) is 38.3 Å². The van der Waals surface area contributed by atoms with E-state index < -0.39 is 0 Å². The van der Waals surface area contributed by atoms with Gasteiger partial charge in [0.2, 0.25) is 11.8 Å². The van der Waals surface area contributed by atoms with Crippen molar-refractivity contribution in [3.8, 4) is 0 Å². The number of benzene rings is 1. The van der Waals surface area contributed by atoms with Gasteiger partial charge in [0.25, 0.3) is 0 Å². The largest absolute Gasteiger partial charge is 0.369 e. The van der Waals surface area contributed by atoms with Crippen LogP contribution in [0.2, 0.25) is 0 Å². The lowest BCUT2D eigenvalue weighted by atomic mass is 9.92. The number of piperidine rings is 1. The molecule has 0 aliphatic carbocycles. The zero-order valence-corrected chi connectivity index (χ0v) is 12.4. The summed E-state index contributed by atoms with van der Waals surface area (Å²) in [5, 5.41) is 0. The van der Waals surface area contributed by atoms with E-state index in [2.05, 4.69) is 0 Å². The third-order valence-corrected chi connectivity index (χ3v) is 4.23. The molecule has 0 saturated carbocycles. The zero-order valence-electron chi connectivity index (χ0n) is 12.4. The molecule has 1 aromatic carbocycles. The van der Waals surface area contributed by atoms with Gasteiger partial charge in [-0.1, -0.05) is 30.3 Å². The molecule has 114 valence electrons. The van der Waals surface area contributed by atoms with Gasteiger partial charge in [0.05, 0.1) is 5.92 Å². The Hall–Kier alpha value is -1.88. The number of nitrogens with two attached hydrogens (primary N) is 2. The lowest BCUT2D eigenvalue weighted by Crippen LogP contribution is -2.49. The second-order valence-corrected chi connectivity index (χ2v) is 5.79. The van der Waals surface area contributed by atoms with E-state index in [9.17, 15) is 9.59 Å². The van der Waals surface area contributed by atoms with Crippen molar-refractivity contribution in [1.82, 2.24) is 4.90 Å². The van der Waals surface area contributed by atoms with Gasteiger partial charge in [-0.3, -0.25) is 9.59 Å². The van der Waals surface area contributed by atoms with E-state index in [4.69, 9.17) is 11.5 Å². The van der Waals surface area contributed by atoms with Gasteiger partial charge in [-0.05, 0) is 25.3 Å². The Bertz CT molecular complexity index is 504. The minimum atomic E-state index is -0.327. The Labute approximate surface area is 125 Å². The summed E-state index contributed by atoms with van der Waals surface area (Å²) in [6, 6.07) is 9.39. The summed E-state index contributed by atoms with van der Waals surface area (Å²) in [6.07, 6.45) is 1.81. The van der Waals surface area contributed by atoms with E-state index in [1.807, 2.05) is 37.3 Å². The van der Waals surface area contributed by atoms with E-state index in [1.165, 1.54) is 0 Å². The normalized spacial score (nSPS) is 23.6. The Balaban J connectivity index is 2.00. The summed E-state index contributed by atoms with van der Waals surface area (Å²) in [5.41, 5.74) is 12.4. The maximum atomic E-state index is 12.5. The molecule has 1 saturated heterocycles. The summed E-state index contributed by atoms with van der Waals surface area (Å²) in [4.78, 5) is 25.5. The molecule has 2 amide bonds. The molecular weight excluding hydrogens is 266 g/mol. The van der Waals surface area contributed by atoms with Crippen LogP contribution in [0, 0.1) is 5.92 Å². The van der Waals surface area contributed by atoms with Gasteiger partial charge in [0.1, 0.15) is 0 Å². The molecule has 0 aromatic heterocycles. The first-order valence-electron chi connectivity index (χ1n) is 7.38. The number of hydrogen-bond donors (Lipinski definition) is 2. The fraction of sp³-hybridized carbons (Fsp3) is 0.500. The van der Waals surface area contributed by atoms with Crippen molar-refractivity contribution >= 4 is 11.8 Å². The van der Waals surface area contributed by atoms with Crippen LogP contribution in [0.4, 0.5) is 0 Å². The van der Waals surface area contributed by atoms with E-state index in [0.29, 0.717) is 6.54 Å². The van der Waals surface area contributed by atoms with Crippen LogP contribution >= 0.6 is 0 Å². The number of hydrogen-bond acceptors (Lipinski definition) is 3. The second-order valence-electron chi connectivity index (χ2n) is 5.79. The summed E-state index contributed by atoms with van der Waals surface area (Å²) in [7, 11) is 0. The van der Waals surface area contributed by atoms with Crippen molar-refractivity contribution in [2.75, 3.05) is 6.54 Å². The lowest BCUT2D eigenvalue weighted by Gasteiger charge is -2.37. The van der Waals surface area contributed by atoms with Crippen molar-refractivity contribution in [1.29, 1.82) is 0 Å². The molecule has 5 heteroatoms. The van der Waals surface area contributed by atoms with E-state index in [1.54, 1.807) is 4.90 Å². The van der Waals surface area contributed by atoms with Gasteiger partial charge in [0, 0.05) is 25.0 Å². The molecule has 3 atom stereocenters. The second kappa shape index (κ2) is 6.72. The van der Waals surface area contributed by atoms with Gasteiger partial charge >= 0.3 is 0 Å². The Morgan fingerprint density at radius 1 is 1.29 bits per heavy atom. The van der Waals surface area contributed by atoms with E-state index in [-0.39, 0.29) is 36.2 Å². The quantitative estimate of drug-likeness (QED) is 0.872. The van der Waals surface area contributed by atoms with Gasteiger partial charge < -0.3 is 16.4 Å². The highest BCUT2D eigenvalue weighted by Crippen LogP contribution is 2.24. The molecule has 0 spiro atoms. The smallest absolute Gasteiger partial charge is 0.224 e. The highest BCUT2D eigenvalue weighted by Gasteiger charge is 2.32. The van der Waals surface area contributed by atoms with Crippen molar-refractivity contribution in [2.24, 2.45) is 17.4 Å². The monoisotopic (exact) mass is 289 g/mol. The number of rotatable bonds is 4. The number of amides is 2. The number of likely N-dealkylation sites (tertiary alicyclic amines) is 1. The average molecular weight is 289 g/mol. The number of carbonyl (C=O) groups is 2. The van der Waals surface area contributed by atoms with Crippen LogP contribution in [0.3, 0.4) is 0 Å². The van der Waals surface area contributed by atoms with Gasteiger partial charge in [-0.25, -0.2) is 0 Å². The van der Waals surface area contributed by atoms with E-state index >= 15 is 0 Å². The molecule has 1 heterocycles. The SMILES string of the molecule is C[C@@H]1CC[C@H](C(N)=O)CN1C(=O)C[C@H](N)c1ccccc1. The summed E-state index contributed by atoms with van der Waals surface area (Å²) < 4.78 is 0. The maximum Gasteiger partial charge on any atom is 0.224 e. The van der Waals surface area contributed by atoms with Crippen molar-refractivity contribution < 1.29 is 9.59 Å². The van der Waals surface area contributed by atoms with Gasteiger partial charge in [0.15, 0.2) is 0 Å². The minimum absolute atomic E-state index is 0.00944. The number of nitrogens with zero attached hydrogens (tertiary/aromatic N) is 1. The van der Waals surface area contributed by atoms with Crippen LogP contribution in [0.1, 0.15) is 37.8 Å². The van der Waals surface area contributed by atoms with Crippen LogP contribution in [0.25, 0.3) is 0 Å². The summed E-state index contributed by atoms with van der Waals surface area (Å²) in [6.45, 7) is 2.42. The molecule has 0 radical (unpaired) electrons. The molecule has 4 N–H and O–H groups in total.